The molecule has 0 fully saturated rings. The van der Waals surface area contributed by atoms with E-state index in [1.165, 1.54) is 49.7 Å². The van der Waals surface area contributed by atoms with Gasteiger partial charge in [0.2, 0.25) is 0 Å². The summed E-state index contributed by atoms with van der Waals surface area (Å²) in [5.41, 5.74) is 9.91. The molecule has 0 heterocycles. The summed E-state index contributed by atoms with van der Waals surface area (Å²) in [5, 5.41) is 2.86. The van der Waals surface area contributed by atoms with Gasteiger partial charge in [-0.1, -0.05) is 42.5 Å². The van der Waals surface area contributed by atoms with Gasteiger partial charge in [-0.3, -0.25) is 0 Å². The highest BCUT2D eigenvalue weighted by molar-refractivity contribution is 6.17. The van der Waals surface area contributed by atoms with Gasteiger partial charge in [-0.25, -0.2) is 0 Å². The van der Waals surface area contributed by atoms with E-state index in [2.05, 4.69) is 63.2 Å². The van der Waals surface area contributed by atoms with Crippen LogP contribution in [0.3, 0.4) is 0 Å². The van der Waals surface area contributed by atoms with E-state index >= 15 is 0 Å². The van der Waals surface area contributed by atoms with E-state index < -0.39 is 0 Å². The van der Waals surface area contributed by atoms with Crippen LogP contribution in [0, 0.1) is 20.8 Å². The highest BCUT2D eigenvalue weighted by Gasteiger charge is 2.24. The first-order chi connectivity index (χ1) is 9.20. The second-order valence-corrected chi connectivity index (χ2v) is 5.52. The Morgan fingerprint density at radius 2 is 1.26 bits per heavy atom. The van der Waals surface area contributed by atoms with Crippen LogP contribution in [0.4, 0.5) is 0 Å². The first kappa shape index (κ1) is 10.8. The molecular weight excluding hydrogens is 228 g/mol. The molecule has 0 spiro atoms. The van der Waals surface area contributed by atoms with Gasteiger partial charge in [-0.05, 0) is 70.5 Å². The molecule has 0 atom stereocenters. The SMILES string of the molecule is Cc1c(C)c2c3c(cccc3c1C)-c1ccccc1-2. The Hall–Kier alpha value is -2.08. The summed E-state index contributed by atoms with van der Waals surface area (Å²) in [6, 6.07) is 15.5. The van der Waals surface area contributed by atoms with Gasteiger partial charge in [0.25, 0.3) is 0 Å². The van der Waals surface area contributed by atoms with Gasteiger partial charge >= 0.3 is 0 Å². The van der Waals surface area contributed by atoms with E-state index in [1.807, 2.05) is 0 Å². The van der Waals surface area contributed by atoms with Crippen LogP contribution < -0.4 is 0 Å². The van der Waals surface area contributed by atoms with Crippen LogP contribution >= 0.6 is 0 Å². The lowest BCUT2D eigenvalue weighted by Crippen LogP contribution is -1.91. The lowest BCUT2D eigenvalue weighted by molar-refractivity contribution is 1.30. The highest BCUT2D eigenvalue weighted by Crippen LogP contribution is 2.50. The van der Waals surface area contributed by atoms with E-state index in [9.17, 15) is 0 Å². The maximum absolute atomic E-state index is 2.26. The van der Waals surface area contributed by atoms with E-state index in [0.717, 1.165) is 0 Å². The first-order valence-electron chi connectivity index (χ1n) is 6.82. The summed E-state index contributed by atoms with van der Waals surface area (Å²) < 4.78 is 0. The number of fused-ring (bicyclic) bond motifs is 3. The van der Waals surface area contributed by atoms with Crippen molar-refractivity contribution in [2.45, 2.75) is 20.8 Å². The zero-order chi connectivity index (χ0) is 13.1. The number of benzene rings is 3. The molecule has 92 valence electrons. The van der Waals surface area contributed by atoms with Crippen molar-refractivity contribution in [3.63, 3.8) is 0 Å². The van der Waals surface area contributed by atoms with Crippen LogP contribution in [0.5, 0.6) is 0 Å². The number of rotatable bonds is 0. The lowest BCUT2D eigenvalue weighted by Gasteiger charge is -2.13. The van der Waals surface area contributed by atoms with Crippen molar-refractivity contribution in [1.29, 1.82) is 0 Å². The predicted molar refractivity (Wildman–Crippen MR) is 82.6 cm³/mol. The number of hydrogen-bond acceptors (Lipinski definition) is 0. The zero-order valence-electron chi connectivity index (χ0n) is 11.5. The van der Waals surface area contributed by atoms with Crippen LogP contribution in [-0.2, 0) is 0 Å². The van der Waals surface area contributed by atoms with Gasteiger partial charge in [-0.2, -0.15) is 0 Å². The number of hydrogen-bond donors (Lipinski definition) is 0. The largest absolute Gasteiger partial charge is 0.0616 e. The molecule has 0 saturated heterocycles. The van der Waals surface area contributed by atoms with Crippen molar-refractivity contribution in [2.24, 2.45) is 0 Å². The van der Waals surface area contributed by atoms with Crippen molar-refractivity contribution in [3.8, 4) is 22.3 Å². The fourth-order valence-electron chi connectivity index (χ4n) is 3.49. The third-order valence-electron chi connectivity index (χ3n) is 4.71. The predicted octanol–water partition coefficient (Wildman–Crippen LogP) is 5.41. The topological polar surface area (TPSA) is 0 Å². The summed E-state index contributed by atoms with van der Waals surface area (Å²) >= 11 is 0. The summed E-state index contributed by atoms with van der Waals surface area (Å²) in [4.78, 5) is 0. The van der Waals surface area contributed by atoms with Gasteiger partial charge < -0.3 is 0 Å². The lowest BCUT2D eigenvalue weighted by atomic mass is 9.90. The molecule has 0 aromatic heterocycles. The van der Waals surface area contributed by atoms with Crippen molar-refractivity contribution in [2.75, 3.05) is 0 Å². The number of aryl methyl sites for hydroxylation is 1. The molecule has 0 N–H and O–H groups in total. The van der Waals surface area contributed by atoms with Crippen molar-refractivity contribution >= 4 is 10.8 Å². The summed E-state index contributed by atoms with van der Waals surface area (Å²) in [6.07, 6.45) is 0. The Balaban J connectivity index is 2.35. The average molecular weight is 244 g/mol. The van der Waals surface area contributed by atoms with E-state index in [1.54, 1.807) is 0 Å². The van der Waals surface area contributed by atoms with Crippen LogP contribution in [-0.4, -0.2) is 0 Å². The smallest absolute Gasteiger partial charge is 0.00208 e. The molecule has 0 saturated carbocycles. The van der Waals surface area contributed by atoms with Gasteiger partial charge in [0.15, 0.2) is 0 Å². The molecule has 0 aliphatic heterocycles. The molecule has 0 amide bonds. The minimum atomic E-state index is 1.39. The minimum Gasteiger partial charge on any atom is -0.0616 e. The summed E-state index contributed by atoms with van der Waals surface area (Å²) in [6.45, 7) is 6.75. The normalized spacial score (nSPS) is 11.9. The Bertz CT molecular complexity index is 838. The highest BCUT2D eigenvalue weighted by atomic mass is 14.3. The molecule has 3 aromatic rings. The minimum absolute atomic E-state index is 1.39. The second-order valence-electron chi connectivity index (χ2n) is 5.52. The summed E-state index contributed by atoms with van der Waals surface area (Å²) in [5.74, 6) is 0. The van der Waals surface area contributed by atoms with E-state index in [-0.39, 0.29) is 0 Å². The van der Waals surface area contributed by atoms with E-state index in [4.69, 9.17) is 0 Å². The fourth-order valence-corrected chi connectivity index (χ4v) is 3.49. The van der Waals surface area contributed by atoms with Crippen LogP contribution in [0.2, 0.25) is 0 Å². The standard InChI is InChI=1S/C19H16/c1-11-12(2)14-9-6-10-17-15-7-4-5-8-16(15)18(13(11)3)19(14)17/h4-10H,1-3H3. The molecule has 0 bridgehead atoms. The van der Waals surface area contributed by atoms with Gasteiger partial charge in [0.05, 0.1) is 0 Å². The zero-order valence-corrected chi connectivity index (χ0v) is 11.5. The Kier molecular flexibility index (Phi) is 1.98. The second kappa shape index (κ2) is 3.48. The van der Waals surface area contributed by atoms with Crippen LogP contribution in [0.1, 0.15) is 16.7 Å². The maximum Gasteiger partial charge on any atom is -0.00208 e. The molecule has 1 aliphatic carbocycles. The van der Waals surface area contributed by atoms with E-state index in [0.29, 0.717) is 0 Å². The summed E-state index contributed by atoms with van der Waals surface area (Å²) in [7, 11) is 0. The quantitative estimate of drug-likeness (QED) is 0.388. The Morgan fingerprint density at radius 1 is 0.579 bits per heavy atom. The molecule has 3 aromatic carbocycles. The molecule has 4 rings (SSSR count). The molecular formula is C19H16. The van der Waals surface area contributed by atoms with Crippen molar-refractivity contribution < 1.29 is 0 Å². The molecule has 0 heteroatoms. The monoisotopic (exact) mass is 244 g/mol. The molecule has 0 unspecified atom stereocenters. The average Bonchev–Trinajstić information content (AvgIpc) is 2.78. The third kappa shape index (κ3) is 1.19. The van der Waals surface area contributed by atoms with Gasteiger partial charge in [-0.15, -0.1) is 0 Å². The Labute approximate surface area is 113 Å². The van der Waals surface area contributed by atoms with Gasteiger partial charge in [0, 0.05) is 0 Å². The molecule has 0 radical (unpaired) electrons. The van der Waals surface area contributed by atoms with Crippen LogP contribution in [0.25, 0.3) is 33.0 Å². The van der Waals surface area contributed by atoms with Crippen LogP contribution in [0.15, 0.2) is 42.5 Å². The molecule has 1 aliphatic rings. The molecule has 19 heavy (non-hydrogen) atoms. The first-order valence-corrected chi connectivity index (χ1v) is 6.82. The van der Waals surface area contributed by atoms with Crippen molar-refractivity contribution in [3.05, 3.63) is 59.2 Å². The molecule has 0 nitrogen and oxygen atoms in total. The van der Waals surface area contributed by atoms with Crippen molar-refractivity contribution in [1.82, 2.24) is 0 Å². The maximum atomic E-state index is 2.26. The Morgan fingerprint density at radius 3 is 2.05 bits per heavy atom. The third-order valence-corrected chi connectivity index (χ3v) is 4.71. The fraction of sp³-hybridized carbons (Fsp3) is 0.158. The van der Waals surface area contributed by atoms with Gasteiger partial charge in [0.1, 0.15) is 0 Å².